The van der Waals surface area contributed by atoms with Gasteiger partial charge in [0.1, 0.15) is 5.60 Å². The minimum absolute atomic E-state index is 0.0400. The Morgan fingerprint density at radius 3 is 2.36 bits per heavy atom. The zero-order chi connectivity index (χ0) is 18.6. The van der Waals surface area contributed by atoms with Gasteiger partial charge in [-0.1, -0.05) is 12.1 Å². The normalized spacial score (nSPS) is 15.6. The molecule has 1 aliphatic heterocycles. The fourth-order valence-electron chi connectivity index (χ4n) is 2.71. The van der Waals surface area contributed by atoms with Crippen LogP contribution in [0, 0.1) is 5.92 Å². The van der Waals surface area contributed by atoms with Crippen molar-refractivity contribution in [1.82, 2.24) is 4.90 Å². The Labute approximate surface area is 148 Å². The third-order valence-corrected chi connectivity index (χ3v) is 4.05. The van der Waals surface area contributed by atoms with Gasteiger partial charge in [0, 0.05) is 30.3 Å². The summed E-state index contributed by atoms with van der Waals surface area (Å²) in [6.07, 6.45) is 0.857. The Bertz CT molecular complexity index is 656. The SMILES string of the molecule is CC(=O)c1cccc(NC(=O)C2CCN(C(=O)OC(C)(C)C)CC2)c1. The molecular formula is C19H26N2O4. The number of nitrogens with one attached hydrogen (secondary N) is 1. The number of nitrogens with zero attached hydrogens (tertiary/aromatic N) is 1. The van der Waals surface area contributed by atoms with Gasteiger partial charge in [0.15, 0.2) is 5.78 Å². The summed E-state index contributed by atoms with van der Waals surface area (Å²) in [7, 11) is 0. The molecule has 1 heterocycles. The van der Waals surface area contributed by atoms with E-state index in [4.69, 9.17) is 4.74 Å². The van der Waals surface area contributed by atoms with Crippen LogP contribution < -0.4 is 5.32 Å². The topological polar surface area (TPSA) is 75.7 Å². The summed E-state index contributed by atoms with van der Waals surface area (Å²) >= 11 is 0. The van der Waals surface area contributed by atoms with Gasteiger partial charge < -0.3 is 15.0 Å². The van der Waals surface area contributed by atoms with Crippen molar-refractivity contribution in [2.45, 2.75) is 46.1 Å². The molecule has 1 saturated heterocycles. The number of carbonyl (C=O) groups is 3. The van der Waals surface area contributed by atoms with Gasteiger partial charge in [-0.05, 0) is 52.7 Å². The van der Waals surface area contributed by atoms with Crippen molar-refractivity contribution in [3.63, 3.8) is 0 Å². The maximum absolute atomic E-state index is 12.4. The minimum atomic E-state index is -0.521. The number of piperidine rings is 1. The Kier molecular flexibility index (Phi) is 5.82. The Balaban J connectivity index is 1.88. The number of ketones is 1. The Morgan fingerprint density at radius 1 is 1.16 bits per heavy atom. The van der Waals surface area contributed by atoms with E-state index < -0.39 is 5.60 Å². The first-order chi connectivity index (χ1) is 11.7. The molecule has 6 heteroatoms. The zero-order valence-corrected chi connectivity index (χ0v) is 15.3. The monoisotopic (exact) mass is 346 g/mol. The number of amides is 2. The molecule has 1 aromatic rings. The molecule has 2 amide bonds. The molecule has 6 nitrogen and oxygen atoms in total. The largest absolute Gasteiger partial charge is 0.444 e. The summed E-state index contributed by atoms with van der Waals surface area (Å²) in [6, 6.07) is 6.91. The molecule has 0 bridgehead atoms. The molecule has 0 aliphatic carbocycles. The first kappa shape index (κ1) is 19.0. The van der Waals surface area contributed by atoms with Gasteiger partial charge in [0.25, 0.3) is 0 Å². The Morgan fingerprint density at radius 2 is 1.80 bits per heavy atom. The molecule has 0 saturated carbocycles. The lowest BCUT2D eigenvalue weighted by Crippen LogP contribution is -2.43. The zero-order valence-electron chi connectivity index (χ0n) is 15.3. The van der Waals surface area contributed by atoms with Crippen molar-refractivity contribution in [2.24, 2.45) is 5.92 Å². The van der Waals surface area contributed by atoms with Crippen LogP contribution in [-0.2, 0) is 9.53 Å². The van der Waals surface area contributed by atoms with E-state index in [9.17, 15) is 14.4 Å². The van der Waals surface area contributed by atoms with Crippen LogP contribution in [0.1, 0.15) is 50.9 Å². The van der Waals surface area contributed by atoms with E-state index in [1.165, 1.54) is 6.92 Å². The van der Waals surface area contributed by atoms with Crippen LogP contribution >= 0.6 is 0 Å². The fourth-order valence-corrected chi connectivity index (χ4v) is 2.71. The van der Waals surface area contributed by atoms with Gasteiger partial charge in [0.2, 0.25) is 5.91 Å². The predicted molar refractivity (Wildman–Crippen MR) is 95.6 cm³/mol. The number of ether oxygens (including phenoxy) is 1. The van der Waals surface area contributed by atoms with Gasteiger partial charge >= 0.3 is 6.09 Å². The van der Waals surface area contributed by atoms with Gasteiger partial charge in [0.05, 0.1) is 0 Å². The number of hydrogen-bond donors (Lipinski definition) is 1. The summed E-state index contributed by atoms with van der Waals surface area (Å²) in [5.74, 6) is -0.272. The summed E-state index contributed by atoms with van der Waals surface area (Å²) in [4.78, 5) is 37.5. The number of Topliss-reactive ketones (excluding diaryl/α,β-unsaturated/α-hetero) is 1. The quantitative estimate of drug-likeness (QED) is 0.850. The van der Waals surface area contributed by atoms with E-state index in [2.05, 4.69) is 5.32 Å². The summed E-state index contributed by atoms with van der Waals surface area (Å²) < 4.78 is 5.36. The van der Waals surface area contributed by atoms with Crippen LogP contribution in [0.4, 0.5) is 10.5 Å². The second-order valence-electron chi connectivity index (χ2n) is 7.37. The van der Waals surface area contributed by atoms with Crippen molar-refractivity contribution in [3.8, 4) is 0 Å². The number of anilines is 1. The molecule has 1 aliphatic rings. The number of benzene rings is 1. The van der Waals surface area contributed by atoms with Crippen LogP contribution in [0.15, 0.2) is 24.3 Å². The first-order valence-corrected chi connectivity index (χ1v) is 8.55. The van der Waals surface area contributed by atoms with Crippen molar-refractivity contribution in [1.29, 1.82) is 0 Å². The maximum atomic E-state index is 12.4. The highest BCUT2D eigenvalue weighted by Crippen LogP contribution is 2.22. The highest BCUT2D eigenvalue weighted by Gasteiger charge is 2.29. The molecule has 2 rings (SSSR count). The van der Waals surface area contributed by atoms with E-state index in [0.717, 1.165) is 0 Å². The Hall–Kier alpha value is -2.37. The van der Waals surface area contributed by atoms with Gasteiger partial charge in [-0.25, -0.2) is 4.79 Å². The molecule has 0 aromatic heterocycles. The van der Waals surface area contributed by atoms with E-state index >= 15 is 0 Å². The van der Waals surface area contributed by atoms with Crippen LogP contribution in [0.2, 0.25) is 0 Å². The summed E-state index contributed by atoms with van der Waals surface area (Å²) in [5.41, 5.74) is 0.664. The highest BCUT2D eigenvalue weighted by molar-refractivity contribution is 5.97. The second kappa shape index (κ2) is 7.68. The lowest BCUT2D eigenvalue weighted by Gasteiger charge is -2.32. The molecule has 1 N–H and O–H groups in total. The minimum Gasteiger partial charge on any atom is -0.444 e. The number of rotatable bonds is 3. The first-order valence-electron chi connectivity index (χ1n) is 8.55. The number of carbonyl (C=O) groups excluding carboxylic acids is 3. The van der Waals surface area contributed by atoms with Crippen molar-refractivity contribution in [3.05, 3.63) is 29.8 Å². The van der Waals surface area contributed by atoms with E-state index in [1.807, 2.05) is 20.8 Å². The molecule has 25 heavy (non-hydrogen) atoms. The van der Waals surface area contributed by atoms with E-state index in [-0.39, 0.29) is 23.7 Å². The van der Waals surface area contributed by atoms with Crippen LogP contribution in [-0.4, -0.2) is 41.4 Å². The van der Waals surface area contributed by atoms with Gasteiger partial charge in [-0.3, -0.25) is 9.59 Å². The molecule has 0 radical (unpaired) electrons. The number of hydrogen-bond acceptors (Lipinski definition) is 4. The predicted octanol–water partition coefficient (Wildman–Crippen LogP) is 3.47. The lowest BCUT2D eigenvalue weighted by molar-refractivity contribution is -0.121. The summed E-state index contributed by atoms with van der Waals surface area (Å²) in [5, 5.41) is 2.86. The van der Waals surface area contributed by atoms with Crippen molar-refractivity contribution < 1.29 is 19.1 Å². The van der Waals surface area contributed by atoms with E-state index in [1.54, 1.807) is 29.2 Å². The molecular weight excluding hydrogens is 320 g/mol. The highest BCUT2D eigenvalue weighted by atomic mass is 16.6. The number of likely N-dealkylation sites (tertiary alicyclic amines) is 1. The van der Waals surface area contributed by atoms with Crippen LogP contribution in [0.3, 0.4) is 0 Å². The van der Waals surface area contributed by atoms with E-state index in [0.29, 0.717) is 37.2 Å². The molecule has 136 valence electrons. The maximum Gasteiger partial charge on any atom is 0.410 e. The van der Waals surface area contributed by atoms with Gasteiger partial charge in [-0.2, -0.15) is 0 Å². The van der Waals surface area contributed by atoms with Crippen LogP contribution in [0.25, 0.3) is 0 Å². The molecule has 0 unspecified atom stereocenters. The summed E-state index contributed by atoms with van der Waals surface area (Å²) in [6.45, 7) is 8.00. The molecule has 1 aromatic carbocycles. The molecule has 0 atom stereocenters. The average molecular weight is 346 g/mol. The lowest BCUT2D eigenvalue weighted by atomic mass is 9.96. The van der Waals surface area contributed by atoms with Crippen molar-refractivity contribution >= 4 is 23.5 Å². The molecule has 1 fully saturated rings. The second-order valence-corrected chi connectivity index (χ2v) is 7.37. The average Bonchev–Trinajstić information content (AvgIpc) is 2.53. The van der Waals surface area contributed by atoms with Crippen molar-refractivity contribution in [2.75, 3.05) is 18.4 Å². The third kappa shape index (κ3) is 5.59. The van der Waals surface area contributed by atoms with Crippen LogP contribution in [0.5, 0.6) is 0 Å². The third-order valence-electron chi connectivity index (χ3n) is 4.05. The fraction of sp³-hybridized carbons (Fsp3) is 0.526. The molecule has 0 spiro atoms. The standard InChI is InChI=1S/C19H26N2O4/c1-13(22)15-6-5-7-16(12-15)20-17(23)14-8-10-21(11-9-14)18(24)25-19(2,3)4/h5-7,12,14H,8-11H2,1-4H3,(H,20,23). The van der Waals surface area contributed by atoms with Gasteiger partial charge in [-0.15, -0.1) is 0 Å². The smallest absolute Gasteiger partial charge is 0.410 e.